The molecule has 2 amide bonds. The lowest BCUT2D eigenvalue weighted by molar-refractivity contribution is 0.251. The van der Waals surface area contributed by atoms with Crippen LogP contribution < -0.4 is 10.6 Å². The van der Waals surface area contributed by atoms with E-state index in [0.29, 0.717) is 12.2 Å². The Kier molecular flexibility index (Phi) is 3.28. The number of rotatable bonds is 3. The summed E-state index contributed by atoms with van der Waals surface area (Å²) in [5.74, 6) is 0. The van der Waals surface area contributed by atoms with Gasteiger partial charge in [-0.15, -0.1) is 0 Å². The molecule has 6 nitrogen and oxygen atoms in total. The number of aromatic amines is 1. The van der Waals surface area contributed by atoms with Crippen molar-refractivity contribution in [2.24, 2.45) is 0 Å². The molecule has 0 radical (unpaired) electrons. The van der Waals surface area contributed by atoms with Gasteiger partial charge in [-0.3, -0.25) is 9.97 Å². The van der Waals surface area contributed by atoms with E-state index in [1.165, 1.54) is 0 Å². The van der Waals surface area contributed by atoms with Crippen LogP contribution in [0.4, 0.5) is 10.5 Å². The Hall–Kier alpha value is -2.89. The van der Waals surface area contributed by atoms with Crippen molar-refractivity contribution in [3.05, 3.63) is 54.7 Å². The minimum atomic E-state index is -0.273. The Morgan fingerprint density at radius 3 is 3.05 bits per heavy atom. The molecular formula is C14H13N5O. The molecule has 0 aliphatic carbocycles. The van der Waals surface area contributed by atoms with Gasteiger partial charge < -0.3 is 15.6 Å². The molecule has 6 heteroatoms. The van der Waals surface area contributed by atoms with Crippen LogP contribution in [0.15, 0.2) is 49.1 Å². The molecule has 0 aliphatic rings. The van der Waals surface area contributed by atoms with Crippen LogP contribution in [0.25, 0.3) is 10.9 Å². The molecule has 3 N–H and O–H groups in total. The van der Waals surface area contributed by atoms with Crippen molar-refractivity contribution >= 4 is 22.6 Å². The van der Waals surface area contributed by atoms with Crippen LogP contribution >= 0.6 is 0 Å². The van der Waals surface area contributed by atoms with E-state index in [4.69, 9.17) is 0 Å². The minimum Gasteiger partial charge on any atom is -0.361 e. The van der Waals surface area contributed by atoms with Crippen LogP contribution in [0.2, 0.25) is 0 Å². The van der Waals surface area contributed by atoms with Crippen LogP contribution in [0, 0.1) is 0 Å². The van der Waals surface area contributed by atoms with Crippen molar-refractivity contribution < 1.29 is 4.79 Å². The van der Waals surface area contributed by atoms with Crippen LogP contribution in [0.1, 0.15) is 5.69 Å². The largest absolute Gasteiger partial charge is 0.361 e. The summed E-state index contributed by atoms with van der Waals surface area (Å²) in [6.45, 7) is 0.339. The molecule has 0 saturated carbocycles. The standard InChI is InChI=1S/C14H13N5O/c20-14(18-9-12-8-15-5-6-16-12)19-11-1-2-13-10(7-11)3-4-17-13/h1-8,17H,9H2,(H2,18,19,20). The highest BCUT2D eigenvalue weighted by atomic mass is 16.2. The Morgan fingerprint density at radius 1 is 1.25 bits per heavy atom. The third-order valence-electron chi connectivity index (χ3n) is 2.86. The maximum Gasteiger partial charge on any atom is 0.319 e. The Balaban J connectivity index is 1.61. The summed E-state index contributed by atoms with van der Waals surface area (Å²) in [5, 5.41) is 6.56. The number of hydrogen-bond acceptors (Lipinski definition) is 3. The maximum atomic E-state index is 11.8. The van der Waals surface area contributed by atoms with Crippen molar-refractivity contribution in [3.63, 3.8) is 0 Å². The predicted octanol–water partition coefficient (Wildman–Crippen LogP) is 2.28. The highest BCUT2D eigenvalue weighted by molar-refractivity contribution is 5.92. The summed E-state index contributed by atoms with van der Waals surface area (Å²) in [7, 11) is 0. The predicted molar refractivity (Wildman–Crippen MR) is 76.2 cm³/mol. The van der Waals surface area contributed by atoms with Crippen LogP contribution in [-0.2, 0) is 6.54 Å². The molecule has 20 heavy (non-hydrogen) atoms. The SMILES string of the molecule is O=C(NCc1cnccn1)Nc1ccc2[nH]ccc2c1. The Bertz CT molecular complexity index is 723. The number of nitrogens with one attached hydrogen (secondary N) is 3. The molecule has 3 aromatic rings. The maximum absolute atomic E-state index is 11.8. The number of fused-ring (bicyclic) bond motifs is 1. The summed E-state index contributed by atoms with van der Waals surface area (Å²) in [4.78, 5) is 22.9. The summed E-state index contributed by atoms with van der Waals surface area (Å²) < 4.78 is 0. The Morgan fingerprint density at radius 2 is 2.20 bits per heavy atom. The molecule has 1 aromatic carbocycles. The molecule has 0 unspecified atom stereocenters. The van der Waals surface area contributed by atoms with Gasteiger partial charge in [0.15, 0.2) is 0 Å². The van der Waals surface area contributed by atoms with E-state index >= 15 is 0 Å². The Labute approximate surface area is 115 Å². The molecule has 0 aliphatic heterocycles. The van der Waals surface area contributed by atoms with Gasteiger partial charge in [0.2, 0.25) is 0 Å². The van der Waals surface area contributed by atoms with E-state index in [0.717, 1.165) is 16.6 Å². The first-order valence-electron chi connectivity index (χ1n) is 6.18. The number of amides is 2. The quantitative estimate of drug-likeness (QED) is 0.680. The first-order valence-corrected chi connectivity index (χ1v) is 6.18. The fraction of sp³-hybridized carbons (Fsp3) is 0.0714. The van der Waals surface area contributed by atoms with Crippen molar-refractivity contribution in [2.75, 3.05) is 5.32 Å². The van der Waals surface area contributed by atoms with Gasteiger partial charge in [0.1, 0.15) is 0 Å². The second-order valence-electron chi connectivity index (χ2n) is 4.28. The molecule has 2 aromatic heterocycles. The molecule has 2 heterocycles. The molecule has 100 valence electrons. The number of urea groups is 1. The van der Waals surface area contributed by atoms with Crippen LogP contribution in [-0.4, -0.2) is 21.0 Å². The molecule has 0 spiro atoms. The number of benzene rings is 1. The number of anilines is 1. The third-order valence-corrected chi connectivity index (χ3v) is 2.86. The number of carbonyl (C=O) groups excluding carboxylic acids is 1. The zero-order valence-corrected chi connectivity index (χ0v) is 10.6. The van der Waals surface area contributed by atoms with Gasteiger partial charge in [-0.25, -0.2) is 4.79 Å². The first-order chi connectivity index (χ1) is 9.81. The second kappa shape index (κ2) is 5.40. The molecule has 3 rings (SSSR count). The van der Waals surface area contributed by atoms with Gasteiger partial charge in [-0.2, -0.15) is 0 Å². The molecule has 0 fully saturated rings. The topological polar surface area (TPSA) is 82.7 Å². The number of nitrogens with zero attached hydrogens (tertiary/aromatic N) is 2. The smallest absolute Gasteiger partial charge is 0.319 e. The first kappa shape index (κ1) is 12.2. The van der Waals surface area contributed by atoms with Crippen LogP contribution in [0.3, 0.4) is 0 Å². The van der Waals surface area contributed by atoms with Gasteiger partial charge in [-0.05, 0) is 24.3 Å². The second-order valence-corrected chi connectivity index (χ2v) is 4.28. The highest BCUT2D eigenvalue weighted by Crippen LogP contribution is 2.17. The third kappa shape index (κ3) is 2.74. The van der Waals surface area contributed by atoms with E-state index in [1.807, 2.05) is 30.5 Å². The number of aromatic nitrogens is 3. The zero-order chi connectivity index (χ0) is 13.8. The summed E-state index contributed by atoms with van der Waals surface area (Å²) >= 11 is 0. The van der Waals surface area contributed by atoms with Crippen molar-refractivity contribution in [2.45, 2.75) is 6.54 Å². The molecular weight excluding hydrogens is 254 g/mol. The highest BCUT2D eigenvalue weighted by Gasteiger charge is 2.03. The number of hydrogen-bond donors (Lipinski definition) is 3. The van der Waals surface area contributed by atoms with E-state index in [2.05, 4.69) is 25.6 Å². The van der Waals surface area contributed by atoms with Gasteiger partial charge in [0.25, 0.3) is 0 Å². The van der Waals surface area contributed by atoms with Crippen molar-refractivity contribution in [3.8, 4) is 0 Å². The fourth-order valence-corrected chi connectivity index (χ4v) is 1.90. The normalized spacial score (nSPS) is 10.4. The monoisotopic (exact) mass is 267 g/mol. The summed E-state index contributed by atoms with van der Waals surface area (Å²) in [5.41, 5.74) is 2.49. The minimum absolute atomic E-state index is 0.273. The van der Waals surface area contributed by atoms with Crippen LogP contribution in [0.5, 0.6) is 0 Å². The number of carbonyl (C=O) groups is 1. The number of H-pyrrole nitrogens is 1. The fourth-order valence-electron chi connectivity index (χ4n) is 1.90. The van der Waals surface area contributed by atoms with E-state index in [9.17, 15) is 4.79 Å². The van der Waals surface area contributed by atoms with Crippen molar-refractivity contribution in [1.82, 2.24) is 20.3 Å². The van der Waals surface area contributed by atoms with E-state index in [-0.39, 0.29) is 6.03 Å². The average molecular weight is 267 g/mol. The zero-order valence-electron chi connectivity index (χ0n) is 10.6. The van der Waals surface area contributed by atoms with Gasteiger partial charge in [-0.1, -0.05) is 0 Å². The summed E-state index contributed by atoms with van der Waals surface area (Å²) in [6, 6.07) is 7.37. The molecule has 0 bridgehead atoms. The van der Waals surface area contributed by atoms with E-state index in [1.54, 1.807) is 18.6 Å². The summed E-state index contributed by atoms with van der Waals surface area (Å²) in [6.07, 6.45) is 6.67. The lowest BCUT2D eigenvalue weighted by Gasteiger charge is -2.07. The van der Waals surface area contributed by atoms with Gasteiger partial charge >= 0.3 is 6.03 Å². The van der Waals surface area contributed by atoms with Gasteiger partial charge in [0, 0.05) is 35.2 Å². The van der Waals surface area contributed by atoms with Crippen molar-refractivity contribution in [1.29, 1.82) is 0 Å². The van der Waals surface area contributed by atoms with E-state index < -0.39 is 0 Å². The average Bonchev–Trinajstić information content (AvgIpc) is 2.94. The van der Waals surface area contributed by atoms with Gasteiger partial charge in [0.05, 0.1) is 18.4 Å². The lowest BCUT2D eigenvalue weighted by atomic mass is 10.2. The molecule has 0 saturated heterocycles. The molecule has 0 atom stereocenters. The lowest BCUT2D eigenvalue weighted by Crippen LogP contribution is -2.28.